The van der Waals surface area contributed by atoms with Crippen LogP contribution in [-0.2, 0) is 22.7 Å². The maximum Gasteiger partial charge on any atom is 0.279 e. The summed E-state index contributed by atoms with van der Waals surface area (Å²) in [7, 11) is -3.77. The highest BCUT2D eigenvalue weighted by atomic mass is 32.2. The first-order chi connectivity index (χ1) is 14.1. The molecule has 0 aliphatic heterocycles. The second kappa shape index (κ2) is 8.92. The minimum absolute atomic E-state index is 0.247. The van der Waals surface area contributed by atoms with Gasteiger partial charge in [0, 0.05) is 28.8 Å². The van der Waals surface area contributed by atoms with Gasteiger partial charge < -0.3 is 0 Å². The zero-order chi connectivity index (χ0) is 21.9. The Balaban J connectivity index is 1.74. The van der Waals surface area contributed by atoms with Crippen LogP contribution in [0.1, 0.15) is 56.2 Å². The number of hydrazine groups is 1. The first kappa shape index (κ1) is 21.9. The highest BCUT2D eigenvalue weighted by Gasteiger charge is 2.20. The normalized spacial score (nSPS) is 14.2. The number of hydrogen-bond donors (Lipinski definition) is 2. The summed E-state index contributed by atoms with van der Waals surface area (Å²) < 4.78 is 23.5. The molecule has 160 valence electrons. The fourth-order valence-corrected chi connectivity index (χ4v) is 5.06. The van der Waals surface area contributed by atoms with Crippen molar-refractivity contribution in [2.45, 2.75) is 43.4 Å². The van der Waals surface area contributed by atoms with Gasteiger partial charge in [-0.05, 0) is 43.4 Å². The van der Waals surface area contributed by atoms with Crippen LogP contribution in [0, 0.1) is 10.1 Å². The van der Waals surface area contributed by atoms with Crippen LogP contribution in [0.3, 0.4) is 0 Å². The fourth-order valence-electron chi connectivity index (χ4n) is 3.24. The average Bonchev–Trinajstić information content (AvgIpc) is 3.06. The molecule has 0 atom stereocenters. The Morgan fingerprint density at radius 3 is 2.33 bits per heavy atom. The Labute approximate surface area is 177 Å². The van der Waals surface area contributed by atoms with E-state index in [9.17, 15) is 28.1 Å². The van der Waals surface area contributed by atoms with Gasteiger partial charge in [0.05, 0.1) is 14.7 Å². The van der Waals surface area contributed by atoms with Crippen LogP contribution in [-0.4, -0.2) is 31.4 Å². The molecule has 11 heteroatoms. The van der Waals surface area contributed by atoms with Crippen molar-refractivity contribution in [3.05, 3.63) is 55.3 Å². The van der Waals surface area contributed by atoms with Gasteiger partial charge in [0.25, 0.3) is 17.5 Å². The molecule has 0 fully saturated rings. The zero-order valence-corrected chi connectivity index (χ0v) is 17.9. The van der Waals surface area contributed by atoms with Crippen molar-refractivity contribution in [1.82, 2.24) is 10.9 Å². The van der Waals surface area contributed by atoms with Gasteiger partial charge in [-0.25, -0.2) is 8.42 Å². The first-order valence-electron chi connectivity index (χ1n) is 9.37. The zero-order valence-electron chi connectivity index (χ0n) is 16.3. The minimum Gasteiger partial charge on any atom is -0.267 e. The number of carbonyl (C=O) groups is 2. The number of nitrogens with one attached hydrogen (secondary N) is 2. The molecule has 1 aromatic carbocycles. The number of fused-ring (bicyclic) bond motifs is 1. The molecule has 0 saturated heterocycles. The van der Waals surface area contributed by atoms with E-state index in [-0.39, 0.29) is 10.5 Å². The lowest BCUT2D eigenvalue weighted by molar-refractivity contribution is -0.385. The monoisotopic (exact) mass is 451 g/mol. The van der Waals surface area contributed by atoms with Crippen LogP contribution < -0.4 is 10.9 Å². The van der Waals surface area contributed by atoms with Gasteiger partial charge in [0.15, 0.2) is 9.84 Å². The van der Waals surface area contributed by atoms with Gasteiger partial charge in [0.1, 0.15) is 0 Å². The van der Waals surface area contributed by atoms with Crippen LogP contribution in [0.15, 0.2) is 29.2 Å². The van der Waals surface area contributed by atoms with Gasteiger partial charge in [0.2, 0.25) is 0 Å². The molecule has 0 radical (unpaired) electrons. The van der Waals surface area contributed by atoms with Crippen LogP contribution in [0.5, 0.6) is 0 Å². The van der Waals surface area contributed by atoms with E-state index in [0.717, 1.165) is 55.7 Å². The molecule has 1 aromatic heterocycles. The van der Waals surface area contributed by atoms with Crippen LogP contribution in [0.2, 0.25) is 0 Å². The molecule has 3 rings (SSSR count). The van der Waals surface area contributed by atoms with Crippen molar-refractivity contribution < 1.29 is 22.9 Å². The number of thiophene rings is 1. The van der Waals surface area contributed by atoms with Gasteiger partial charge in [-0.15, -0.1) is 11.3 Å². The van der Waals surface area contributed by atoms with Gasteiger partial charge in [-0.2, -0.15) is 0 Å². The molecule has 9 nitrogen and oxygen atoms in total. The Morgan fingerprint density at radius 2 is 1.67 bits per heavy atom. The van der Waals surface area contributed by atoms with E-state index in [1.807, 2.05) is 6.07 Å². The summed E-state index contributed by atoms with van der Waals surface area (Å²) in [6.45, 7) is 0. The molecule has 0 spiro atoms. The van der Waals surface area contributed by atoms with E-state index in [1.165, 1.54) is 29.1 Å². The number of aryl methyl sites for hydroxylation is 2. The van der Waals surface area contributed by atoms with Crippen LogP contribution in [0.25, 0.3) is 0 Å². The van der Waals surface area contributed by atoms with Crippen molar-refractivity contribution in [3.8, 4) is 0 Å². The molecular formula is C19H21N3O6S2. The largest absolute Gasteiger partial charge is 0.279 e. The smallest absolute Gasteiger partial charge is 0.267 e. The Kier molecular flexibility index (Phi) is 6.52. The van der Waals surface area contributed by atoms with E-state index >= 15 is 0 Å². The predicted octanol–water partition coefficient (Wildman–Crippen LogP) is 2.79. The van der Waals surface area contributed by atoms with E-state index in [1.54, 1.807) is 0 Å². The topological polar surface area (TPSA) is 135 Å². The number of sulfone groups is 1. The highest BCUT2D eigenvalue weighted by Crippen LogP contribution is 2.28. The van der Waals surface area contributed by atoms with Gasteiger partial charge >= 0.3 is 0 Å². The number of nitro groups is 1. The molecule has 2 amide bonds. The highest BCUT2D eigenvalue weighted by molar-refractivity contribution is 7.90. The Bertz CT molecular complexity index is 1080. The van der Waals surface area contributed by atoms with Crippen molar-refractivity contribution >= 4 is 38.7 Å². The third-order valence-corrected chi connectivity index (χ3v) is 7.13. The third kappa shape index (κ3) is 5.22. The van der Waals surface area contributed by atoms with Crippen molar-refractivity contribution in [2.75, 3.05) is 6.26 Å². The molecule has 0 saturated carbocycles. The third-order valence-electron chi connectivity index (χ3n) is 4.80. The summed E-state index contributed by atoms with van der Waals surface area (Å²) in [6, 6.07) is 4.70. The van der Waals surface area contributed by atoms with Gasteiger partial charge in [-0.1, -0.05) is 12.8 Å². The molecule has 1 heterocycles. The Hall–Kier alpha value is -2.79. The first-order valence-corrected chi connectivity index (χ1v) is 12.1. The summed E-state index contributed by atoms with van der Waals surface area (Å²) in [5, 5.41) is 11.1. The lowest BCUT2D eigenvalue weighted by atomic mass is 10.00. The molecule has 1 aliphatic rings. The van der Waals surface area contributed by atoms with Crippen molar-refractivity contribution in [1.29, 1.82) is 0 Å². The van der Waals surface area contributed by atoms with E-state index in [2.05, 4.69) is 10.9 Å². The number of rotatable bonds is 4. The van der Waals surface area contributed by atoms with Crippen LogP contribution >= 0.6 is 11.3 Å². The SMILES string of the molecule is CS(=O)(=O)c1cc(C(=O)NNC(=O)c2cc3c(s2)CCCCCC3)cc([N+](=O)[O-])c1. The quantitative estimate of drug-likeness (QED) is 0.542. The molecule has 2 aromatic rings. The summed E-state index contributed by atoms with van der Waals surface area (Å²) in [5.41, 5.74) is 4.87. The van der Waals surface area contributed by atoms with E-state index in [0.29, 0.717) is 4.88 Å². The lowest BCUT2D eigenvalue weighted by Gasteiger charge is -2.08. The number of nitrogens with zero attached hydrogens (tertiary/aromatic N) is 1. The summed E-state index contributed by atoms with van der Waals surface area (Å²) in [5.74, 6) is -1.35. The van der Waals surface area contributed by atoms with Crippen LogP contribution in [0.4, 0.5) is 5.69 Å². The summed E-state index contributed by atoms with van der Waals surface area (Å²) in [6.07, 6.45) is 7.25. The molecule has 1 aliphatic carbocycles. The molecular weight excluding hydrogens is 430 g/mol. The summed E-state index contributed by atoms with van der Waals surface area (Å²) in [4.78, 5) is 36.4. The number of hydrogen-bond acceptors (Lipinski definition) is 7. The molecule has 30 heavy (non-hydrogen) atoms. The minimum atomic E-state index is -3.77. The van der Waals surface area contributed by atoms with E-state index < -0.39 is 32.3 Å². The molecule has 2 N–H and O–H groups in total. The average molecular weight is 452 g/mol. The van der Waals surface area contributed by atoms with Crippen molar-refractivity contribution in [2.24, 2.45) is 0 Å². The Morgan fingerprint density at radius 1 is 1.00 bits per heavy atom. The number of carbonyl (C=O) groups excluding carboxylic acids is 2. The predicted molar refractivity (Wildman–Crippen MR) is 111 cm³/mol. The fraction of sp³-hybridized carbons (Fsp3) is 0.368. The van der Waals surface area contributed by atoms with E-state index in [4.69, 9.17) is 0 Å². The van der Waals surface area contributed by atoms with Crippen molar-refractivity contribution in [3.63, 3.8) is 0 Å². The maximum absolute atomic E-state index is 12.5. The van der Waals surface area contributed by atoms with Gasteiger partial charge in [-0.3, -0.25) is 30.6 Å². The second-order valence-corrected chi connectivity index (χ2v) is 10.3. The maximum atomic E-state index is 12.5. The molecule has 0 unspecified atom stereocenters. The number of non-ortho nitro benzene ring substituents is 1. The lowest BCUT2D eigenvalue weighted by Crippen LogP contribution is -2.41. The number of benzene rings is 1. The number of nitro benzene ring substituents is 1. The second-order valence-electron chi connectivity index (χ2n) is 7.13. The molecule has 0 bridgehead atoms. The standard InChI is InChI=1S/C19H21N3O6S2/c1-30(27,28)15-9-13(8-14(11-15)22(25)26)18(23)20-21-19(24)17-10-12-6-4-2-3-5-7-16(12)29-17/h8-11H,2-7H2,1H3,(H,20,23)(H,21,24). The number of amides is 2. The summed E-state index contributed by atoms with van der Waals surface area (Å²) >= 11 is 1.39.